The first-order valence-corrected chi connectivity index (χ1v) is 13.6. The smallest absolute Gasteiger partial charge is 0.274 e. The highest BCUT2D eigenvalue weighted by molar-refractivity contribution is 5.97. The molecule has 1 aromatic heterocycles. The summed E-state index contributed by atoms with van der Waals surface area (Å²) < 4.78 is 0. The molecular formula is C27H34N10O3. The summed E-state index contributed by atoms with van der Waals surface area (Å²) in [6.07, 6.45) is 2.86. The van der Waals surface area contributed by atoms with Crippen molar-refractivity contribution in [2.75, 3.05) is 20.1 Å². The van der Waals surface area contributed by atoms with Crippen LogP contribution in [0.25, 0.3) is 0 Å². The highest BCUT2D eigenvalue weighted by atomic mass is 16.3. The van der Waals surface area contributed by atoms with E-state index >= 15 is 0 Å². The molecule has 1 aliphatic carbocycles. The molecule has 1 aromatic carbocycles. The van der Waals surface area contributed by atoms with Crippen LogP contribution in [-0.2, 0) is 12.8 Å². The Hall–Kier alpha value is -4.26. The quantitative estimate of drug-likeness (QED) is 0.310. The number of hydrogen-bond acceptors (Lipinski definition) is 11. The standard InChI is InChI=1S/C27H34N10O3/c1-14-10-11-18(35-34-14)24(40)36(2)12-19-21-27(33-25(28)32-21)22(38)20(13-37(27)26(29)31-19)30-23(39)17-9-5-7-15-6-3-4-8-16(15)17/h5,7,9-11,19-22,38H,3-4,6,8,12-13H2,1-2H3,(H2,29,31)(H,30,39)(H3,28,32,33)/t19-,20?,21?,22+,27?/m0/s1. The summed E-state index contributed by atoms with van der Waals surface area (Å²) in [5.41, 5.74) is 15.2. The van der Waals surface area contributed by atoms with Gasteiger partial charge in [0.2, 0.25) is 0 Å². The summed E-state index contributed by atoms with van der Waals surface area (Å²) in [6.45, 7) is 2.15. The summed E-state index contributed by atoms with van der Waals surface area (Å²) in [6, 6.07) is 7.21. The number of rotatable bonds is 5. The molecule has 0 bridgehead atoms. The summed E-state index contributed by atoms with van der Waals surface area (Å²) in [5.74, 6) is -0.267. The van der Waals surface area contributed by atoms with Crippen molar-refractivity contribution in [2.24, 2.45) is 21.5 Å². The second kappa shape index (κ2) is 9.73. The van der Waals surface area contributed by atoms with E-state index in [0.29, 0.717) is 11.3 Å². The average molecular weight is 547 g/mol. The van der Waals surface area contributed by atoms with Crippen molar-refractivity contribution in [1.82, 2.24) is 30.6 Å². The molecule has 210 valence electrons. The van der Waals surface area contributed by atoms with Crippen LogP contribution >= 0.6 is 0 Å². The third kappa shape index (κ3) is 4.12. The Bertz CT molecular complexity index is 1410. The molecule has 4 aliphatic rings. The van der Waals surface area contributed by atoms with Gasteiger partial charge in [0, 0.05) is 25.7 Å². The lowest BCUT2D eigenvalue weighted by molar-refractivity contribution is 0.0117. The van der Waals surface area contributed by atoms with Crippen LogP contribution in [0.1, 0.15) is 50.5 Å². The lowest BCUT2D eigenvalue weighted by Gasteiger charge is -2.46. The van der Waals surface area contributed by atoms with Crippen LogP contribution in [0, 0.1) is 6.92 Å². The summed E-state index contributed by atoms with van der Waals surface area (Å²) >= 11 is 0. The van der Waals surface area contributed by atoms with Crippen LogP contribution in [0.5, 0.6) is 0 Å². The third-order valence-electron chi connectivity index (χ3n) is 8.44. The van der Waals surface area contributed by atoms with Gasteiger partial charge in [0.05, 0.1) is 17.8 Å². The SMILES string of the molecule is Cc1ccc(C(=O)N(C)C[C@@H]2N=C(N)N3CC(NC(=O)c4cccc5c4CCCC5)[C@@H](O)C34NC(N)=NC24)nn1. The van der Waals surface area contributed by atoms with E-state index in [4.69, 9.17) is 11.5 Å². The van der Waals surface area contributed by atoms with Crippen LogP contribution < -0.4 is 22.1 Å². The van der Waals surface area contributed by atoms with Gasteiger partial charge in [-0.1, -0.05) is 12.1 Å². The van der Waals surface area contributed by atoms with Crippen LogP contribution in [0.4, 0.5) is 0 Å². The molecule has 2 aromatic rings. The Morgan fingerprint density at radius 1 is 1.18 bits per heavy atom. The molecule has 2 amide bonds. The number of likely N-dealkylation sites (N-methyl/N-ethyl adjacent to an activating group) is 1. The Balaban J connectivity index is 1.24. The highest BCUT2D eigenvalue weighted by Gasteiger charge is 2.65. The van der Waals surface area contributed by atoms with Gasteiger partial charge in [0.1, 0.15) is 12.1 Å². The van der Waals surface area contributed by atoms with Gasteiger partial charge < -0.3 is 37.0 Å². The van der Waals surface area contributed by atoms with Crippen molar-refractivity contribution in [2.45, 2.75) is 62.5 Å². The fourth-order valence-electron chi connectivity index (χ4n) is 6.50. The van der Waals surface area contributed by atoms with Crippen LogP contribution in [-0.4, -0.2) is 98.9 Å². The zero-order valence-electron chi connectivity index (χ0n) is 22.5. The molecule has 13 heteroatoms. The fraction of sp³-hybridized carbons (Fsp3) is 0.481. The third-order valence-corrected chi connectivity index (χ3v) is 8.44. The summed E-state index contributed by atoms with van der Waals surface area (Å²) in [5, 5.41) is 25.9. The maximum Gasteiger partial charge on any atom is 0.274 e. The highest BCUT2D eigenvalue weighted by Crippen LogP contribution is 2.40. The van der Waals surface area contributed by atoms with E-state index in [2.05, 4.69) is 36.9 Å². The van der Waals surface area contributed by atoms with Crippen LogP contribution in [0.15, 0.2) is 40.3 Å². The number of fused-ring (bicyclic) bond motifs is 1. The van der Waals surface area contributed by atoms with E-state index in [1.165, 1.54) is 10.5 Å². The maximum absolute atomic E-state index is 13.5. The largest absolute Gasteiger partial charge is 0.386 e. The minimum Gasteiger partial charge on any atom is -0.386 e. The molecule has 3 unspecified atom stereocenters. The van der Waals surface area contributed by atoms with Gasteiger partial charge in [-0.25, -0.2) is 9.98 Å². The molecule has 40 heavy (non-hydrogen) atoms. The van der Waals surface area contributed by atoms with E-state index in [1.54, 1.807) is 31.0 Å². The molecule has 1 spiro atoms. The number of amides is 2. The van der Waals surface area contributed by atoms with Gasteiger partial charge >= 0.3 is 0 Å². The van der Waals surface area contributed by atoms with Gasteiger partial charge in [0.25, 0.3) is 11.8 Å². The molecular weight excluding hydrogens is 512 g/mol. The molecule has 0 saturated carbocycles. The van der Waals surface area contributed by atoms with Crippen molar-refractivity contribution >= 4 is 23.7 Å². The number of aliphatic hydroxyl groups is 1. The number of nitrogens with two attached hydrogens (primary N) is 2. The number of benzene rings is 1. The first-order valence-electron chi connectivity index (χ1n) is 13.6. The predicted molar refractivity (Wildman–Crippen MR) is 147 cm³/mol. The van der Waals surface area contributed by atoms with E-state index in [9.17, 15) is 14.7 Å². The molecule has 7 N–H and O–H groups in total. The van der Waals surface area contributed by atoms with Crippen LogP contribution in [0.3, 0.4) is 0 Å². The molecule has 5 atom stereocenters. The molecule has 1 fully saturated rings. The number of carbonyl (C=O) groups excluding carboxylic acids is 2. The average Bonchev–Trinajstić information content (AvgIpc) is 3.44. The Labute approximate surface area is 231 Å². The Morgan fingerprint density at radius 2 is 1.98 bits per heavy atom. The van der Waals surface area contributed by atoms with Crippen molar-refractivity contribution in [3.63, 3.8) is 0 Å². The van der Waals surface area contributed by atoms with E-state index in [0.717, 1.165) is 31.2 Å². The lowest BCUT2D eigenvalue weighted by atomic mass is 9.87. The zero-order chi connectivity index (χ0) is 28.2. The maximum atomic E-state index is 13.5. The number of guanidine groups is 2. The van der Waals surface area contributed by atoms with Crippen molar-refractivity contribution in [1.29, 1.82) is 0 Å². The normalized spacial score (nSPS) is 28.4. The molecule has 0 radical (unpaired) electrons. The number of hydrogen-bond donors (Lipinski definition) is 5. The number of carbonyl (C=O) groups is 2. The number of nitrogens with one attached hydrogen (secondary N) is 2. The van der Waals surface area contributed by atoms with Gasteiger partial charge in [-0.3, -0.25) is 9.59 Å². The number of nitrogens with zero attached hydrogens (tertiary/aromatic N) is 6. The van der Waals surface area contributed by atoms with Crippen molar-refractivity contribution in [3.05, 3.63) is 58.4 Å². The zero-order valence-corrected chi connectivity index (χ0v) is 22.5. The van der Waals surface area contributed by atoms with E-state index < -0.39 is 29.9 Å². The minimum atomic E-state index is -1.22. The van der Waals surface area contributed by atoms with E-state index in [1.807, 2.05) is 12.1 Å². The number of aromatic nitrogens is 2. The molecule has 3 aliphatic heterocycles. The fourth-order valence-corrected chi connectivity index (χ4v) is 6.50. The molecule has 13 nitrogen and oxygen atoms in total. The Morgan fingerprint density at radius 3 is 2.75 bits per heavy atom. The summed E-state index contributed by atoms with van der Waals surface area (Å²) in [4.78, 5) is 38.9. The van der Waals surface area contributed by atoms with Crippen molar-refractivity contribution < 1.29 is 14.7 Å². The number of aryl methyl sites for hydroxylation is 2. The molecule has 4 heterocycles. The van der Waals surface area contributed by atoms with Crippen LogP contribution in [0.2, 0.25) is 0 Å². The van der Waals surface area contributed by atoms with Gasteiger partial charge in [-0.15, -0.1) is 5.10 Å². The van der Waals surface area contributed by atoms with E-state index in [-0.39, 0.29) is 42.5 Å². The first kappa shape index (κ1) is 26.0. The first-order chi connectivity index (χ1) is 19.2. The van der Waals surface area contributed by atoms with Gasteiger partial charge in [-0.05, 0) is 61.9 Å². The Kier molecular flexibility index (Phi) is 6.32. The lowest BCUT2D eigenvalue weighted by Crippen LogP contribution is -2.73. The van der Waals surface area contributed by atoms with Gasteiger partial charge in [0.15, 0.2) is 23.3 Å². The molecule has 1 saturated heterocycles. The predicted octanol–water partition coefficient (Wildman–Crippen LogP) is -1.11. The minimum absolute atomic E-state index is 0.131. The second-order valence-electron chi connectivity index (χ2n) is 11.0. The van der Waals surface area contributed by atoms with Gasteiger partial charge in [-0.2, -0.15) is 5.10 Å². The number of aliphatic hydroxyl groups excluding tert-OH is 1. The molecule has 6 rings (SSSR count). The second-order valence-corrected chi connectivity index (χ2v) is 11.0. The topological polar surface area (TPSA) is 187 Å². The monoisotopic (exact) mass is 546 g/mol. The number of aliphatic imine (C=N–C) groups is 2. The summed E-state index contributed by atoms with van der Waals surface area (Å²) in [7, 11) is 1.64. The van der Waals surface area contributed by atoms with Crippen molar-refractivity contribution in [3.8, 4) is 0 Å².